The van der Waals surface area contributed by atoms with Crippen LogP contribution in [0.3, 0.4) is 0 Å². The molecule has 72 valence electrons. The van der Waals surface area contributed by atoms with Crippen LogP contribution in [-0.4, -0.2) is 39.9 Å². The molecule has 0 aliphatic heterocycles. The molecular formula is C7H17N3O2. The Kier molecular flexibility index (Phi) is 3.82. The fraction of sp³-hybridized carbons (Fsp3) is 0.857. The number of nitrogens with zero attached hydrogens (tertiary/aromatic N) is 2. The predicted octanol–water partition coefficient (Wildman–Crippen LogP) is -0.217. The minimum atomic E-state index is -0.842. The number of hydrogen-bond donors (Lipinski definition) is 3. The number of hydrogen-bond acceptors (Lipinski definition) is 3. The van der Waals surface area contributed by atoms with Crippen molar-refractivity contribution in [2.24, 2.45) is 10.9 Å². The van der Waals surface area contributed by atoms with Crippen molar-refractivity contribution in [3.8, 4) is 0 Å². The average molecular weight is 175 g/mol. The van der Waals surface area contributed by atoms with Gasteiger partial charge in [-0.15, -0.1) is 0 Å². The Morgan fingerprint density at radius 2 is 2.08 bits per heavy atom. The first-order chi connectivity index (χ1) is 5.40. The molecule has 0 amide bonds. The molecule has 4 N–H and O–H groups in total. The summed E-state index contributed by atoms with van der Waals surface area (Å²) in [5, 5.41) is 20.7. The Morgan fingerprint density at radius 3 is 2.33 bits per heavy atom. The summed E-state index contributed by atoms with van der Waals surface area (Å²) >= 11 is 0. The SMILES string of the molecule is CCN(CC(C)(C)O)C(N)=NO. The van der Waals surface area contributed by atoms with E-state index in [0.717, 1.165) is 0 Å². The molecule has 5 heteroatoms. The van der Waals surface area contributed by atoms with Crippen molar-refractivity contribution in [2.75, 3.05) is 13.1 Å². The summed E-state index contributed by atoms with van der Waals surface area (Å²) in [7, 11) is 0. The maximum absolute atomic E-state index is 9.43. The first kappa shape index (κ1) is 11.0. The molecule has 0 saturated heterocycles. The van der Waals surface area contributed by atoms with Gasteiger partial charge >= 0.3 is 0 Å². The number of aliphatic hydroxyl groups is 1. The van der Waals surface area contributed by atoms with Crippen molar-refractivity contribution < 1.29 is 10.3 Å². The smallest absolute Gasteiger partial charge is 0.233 e. The van der Waals surface area contributed by atoms with Crippen LogP contribution in [0.5, 0.6) is 0 Å². The highest BCUT2D eigenvalue weighted by Gasteiger charge is 2.18. The van der Waals surface area contributed by atoms with Crippen LogP contribution in [0, 0.1) is 0 Å². The molecule has 0 aliphatic carbocycles. The van der Waals surface area contributed by atoms with Crippen molar-refractivity contribution in [1.82, 2.24) is 4.90 Å². The van der Waals surface area contributed by atoms with Gasteiger partial charge < -0.3 is 20.9 Å². The summed E-state index contributed by atoms with van der Waals surface area (Å²) in [4.78, 5) is 1.58. The Labute approximate surface area is 72.5 Å². The van der Waals surface area contributed by atoms with Crippen LogP contribution < -0.4 is 5.73 Å². The second kappa shape index (κ2) is 4.15. The van der Waals surface area contributed by atoms with Crippen LogP contribution in [0.2, 0.25) is 0 Å². The first-order valence-electron chi connectivity index (χ1n) is 3.85. The van der Waals surface area contributed by atoms with Crippen LogP contribution in [-0.2, 0) is 0 Å². The van der Waals surface area contributed by atoms with E-state index in [-0.39, 0.29) is 5.96 Å². The van der Waals surface area contributed by atoms with E-state index in [9.17, 15) is 5.11 Å². The fourth-order valence-electron chi connectivity index (χ4n) is 0.885. The maximum Gasteiger partial charge on any atom is 0.233 e. The largest absolute Gasteiger partial charge is 0.408 e. The van der Waals surface area contributed by atoms with Gasteiger partial charge in [-0.3, -0.25) is 0 Å². The molecule has 0 aliphatic rings. The van der Waals surface area contributed by atoms with Gasteiger partial charge in [0.05, 0.1) is 5.60 Å². The highest BCUT2D eigenvalue weighted by atomic mass is 16.4. The van der Waals surface area contributed by atoms with Gasteiger partial charge in [0, 0.05) is 13.1 Å². The standard InChI is InChI=1S/C7H17N3O2/c1-4-10(6(8)9-12)5-7(2,3)11/h11-12H,4-5H2,1-3H3,(H2,8,9). The molecule has 0 atom stereocenters. The summed E-state index contributed by atoms with van der Waals surface area (Å²) < 4.78 is 0. The van der Waals surface area contributed by atoms with Gasteiger partial charge in [0.1, 0.15) is 0 Å². The third-order valence-electron chi connectivity index (χ3n) is 1.39. The summed E-state index contributed by atoms with van der Waals surface area (Å²) in [6, 6.07) is 0. The molecule has 0 rings (SSSR count). The zero-order valence-corrected chi connectivity index (χ0v) is 7.78. The van der Waals surface area contributed by atoms with Gasteiger partial charge in [0.2, 0.25) is 5.96 Å². The van der Waals surface area contributed by atoms with Crippen LogP contribution in [0.1, 0.15) is 20.8 Å². The molecule has 0 aromatic rings. The van der Waals surface area contributed by atoms with Crippen molar-refractivity contribution in [3.05, 3.63) is 0 Å². The molecule has 5 nitrogen and oxygen atoms in total. The molecule has 12 heavy (non-hydrogen) atoms. The summed E-state index contributed by atoms with van der Waals surface area (Å²) in [6.45, 7) is 6.14. The van der Waals surface area contributed by atoms with Gasteiger partial charge in [-0.1, -0.05) is 5.16 Å². The zero-order valence-electron chi connectivity index (χ0n) is 7.78. The van der Waals surface area contributed by atoms with Gasteiger partial charge in [-0.05, 0) is 20.8 Å². The lowest BCUT2D eigenvalue weighted by Crippen LogP contribution is -2.45. The van der Waals surface area contributed by atoms with E-state index < -0.39 is 5.60 Å². The predicted molar refractivity (Wildman–Crippen MR) is 47.0 cm³/mol. The van der Waals surface area contributed by atoms with E-state index in [1.807, 2.05) is 6.92 Å². The van der Waals surface area contributed by atoms with Gasteiger partial charge in [-0.25, -0.2) is 0 Å². The molecule has 0 unspecified atom stereocenters. The lowest BCUT2D eigenvalue weighted by molar-refractivity contribution is 0.0560. The minimum absolute atomic E-state index is 0.0274. The van der Waals surface area contributed by atoms with E-state index in [1.165, 1.54) is 0 Å². The molecule has 0 aromatic carbocycles. The van der Waals surface area contributed by atoms with Crippen molar-refractivity contribution in [3.63, 3.8) is 0 Å². The van der Waals surface area contributed by atoms with E-state index in [0.29, 0.717) is 13.1 Å². The van der Waals surface area contributed by atoms with E-state index in [1.54, 1.807) is 18.7 Å². The second-order valence-electron chi connectivity index (χ2n) is 3.28. The lowest BCUT2D eigenvalue weighted by Gasteiger charge is -2.27. The molecule has 0 radical (unpaired) electrons. The Bertz CT molecular complexity index is 163. The number of likely N-dealkylation sites (N-methyl/N-ethyl adjacent to an activating group) is 1. The molecule has 0 heterocycles. The van der Waals surface area contributed by atoms with Crippen molar-refractivity contribution in [2.45, 2.75) is 26.4 Å². The topological polar surface area (TPSA) is 82.1 Å². The Balaban J connectivity index is 4.19. The molecular weight excluding hydrogens is 158 g/mol. The molecule has 0 bridgehead atoms. The summed E-state index contributed by atoms with van der Waals surface area (Å²) in [5.41, 5.74) is 4.51. The first-order valence-corrected chi connectivity index (χ1v) is 3.85. The summed E-state index contributed by atoms with van der Waals surface area (Å²) in [6.07, 6.45) is 0. The fourth-order valence-corrected chi connectivity index (χ4v) is 0.885. The third kappa shape index (κ3) is 4.02. The van der Waals surface area contributed by atoms with E-state index >= 15 is 0 Å². The van der Waals surface area contributed by atoms with Crippen LogP contribution >= 0.6 is 0 Å². The number of guanidine groups is 1. The second-order valence-corrected chi connectivity index (χ2v) is 3.28. The normalized spacial score (nSPS) is 13.2. The third-order valence-corrected chi connectivity index (χ3v) is 1.39. The molecule has 0 saturated carbocycles. The quantitative estimate of drug-likeness (QED) is 0.240. The van der Waals surface area contributed by atoms with Crippen molar-refractivity contribution >= 4 is 5.96 Å². The van der Waals surface area contributed by atoms with Gasteiger partial charge in [0.15, 0.2) is 0 Å². The molecule has 0 fully saturated rings. The minimum Gasteiger partial charge on any atom is -0.408 e. The monoisotopic (exact) mass is 175 g/mol. The van der Waals surface area contributed by atoms with E-state index in [4.69, 9.17) is 10.9 Å². The summed E-state index contributed by atoms with van der Waals surface area (Å²) in [5.74, 6) is 0.0274. The van der Waals surface area contributed by atoms with Gasteiger partial charge in [0.25, 0.3) is 0 Å². The number of oxime groups is 1. The zero-order chi connectivity index (χ0) is 9.78. The number of rotatable bonds is 3. The lowest BCUT2D eigenvalue weighted by atomic mass is 10.1. The highest BCUT2D eigenvalue weighted by Crippen LogP contribution is 2.03. The Hall–Kier alpha value is -0.970. The Morgan fingerprint density at radius 1 is 1.58 bits per heavy atom. The van der Waals surface area contributed by atoms with Crippen LogP contribution in [0.15, 0.2) is 5.16 Å². The van der Waals surface area contributed by atoms with E-state index in [2.05, 4.69) is 5.16 Å². The molecule has 0 aromatic heterocycles. The number of nitrogens with two attached hydrogens (primary N) is 1. The molecule has 0 spiro atoms. The maximum atomic E-state index is 9.43. The van der Waals surface area contributed by atoms with Crippen molar-refractivity contribution in [1.29, 1.82) is 0 Å². The highest BCUT2D eigenvalue weighted by molar-refractivity contribution is 5.77. The van der Waals surface area contributed by atoms with Crippen LogP contribution in [0.25, 0.3) is 0 Å². The average Bonchev–Trinajstić information content (AvgIpc) is 1.97. The van der Waals surface area contributed by atoms with Gasteiger partial charge in [-0.2, -0.15) is 0 Å². The van der Waals surface area contributed by atoms with Crippen LogP contribution in [0.4, 0.5) is 0 Å².